The molecule has 0 fully saturated rings. The van der Waals surface area contributed by atoms with E-state index in [1.54, 1.807) is 11.1 Å². The number of aryl methyl sites for hydroxylation is 4. The summed E-state index contributed by atoms with van der Waals surface area (Å²) in [5, 5.41) is 9.05. The molecule has 0 saturated heterocycles. The van der Waals surface area contributed by atoms with Crippen LogP contribution in [0.1, 0.15) is 113 Å². The standard InChI is InChI=1S/C34H46/c1-5-7-9-11-13-15-17-27-23-31-25(3)20-22-30-28(18-16-14-12-10-8-6-2)24-32-26(4)19-21-29(27)33(32)34(30)31/h19-24H,5-18H2,1-4H3. The highest BCUT2D eigenvalue weighted by Crippen LogP contribution is 2.41. The zero-order chi connectivity index (χ0) is 23.9. The molecular weight excluding hydrogens is 408 g/mol. The maximum atomic E-state index is 2.55. The first-order chi connectivity index (χ1) is 16.7. The summed E-state index contributed by atoms with van der Waals surface area (Å²) in [5.74, 6) is 0. The minimum atomic E-state index is 1.21. The fraction of sp³-hybridized carbons (Fsp3) is 0.529. The summed E-state index contributed by atoms with van der Waals surface area (Å²) in [5.41, 5.74) is 5.98. The number of hydrogen-bond donors (Lipinski definition) is 0. The molecule has 0 amide bonds. The second-order valence-corrected chi connectivity index (χ2v) is 10.8. The van der Waals surface area contributed by atoms with Gasteiger partial charge in [0.15, 0.2) is 0 Å². The third-order valence-electron chi connectivity index (χ3n) is 8.11. The van der Waals surface area contributed by atoms with Crippen LogP contribution in [-0.4, -0.2) is 0 Å². The zero-order valence-corrected chi connectivity index (χ0v) is 22.4. The van der Waals surface area contributed by atoms with Crippen molar-refractivity contribution in [2.75, 3.05) is 0 Å². The lowest BCUT2D eigenvalue weighted by molar-refractivity contribution is 0.608. The summed E-state index contributed by atoms with van der Waals surface area (Å²) in [6.07, 6.45) is 18.7. The minimum Gasteiger partial charge on any atom is -0.0654 e. The van der Waals surface area contributed by atoms with E-state index in [9.17, 15) is 0 Å². The SMILES string of the molecule is CCCCCCCCc1cc2c(C)ccc3c(CCCCCCCC)cc4c(C)ccc1c4c23. The van der Waals surface area contributed by atoms with Gasteiger partial charge in [-0.25, -0.2) is 0 Å². The van der Waals surface area contributed by atoms with Crippen molar-refractivity contribution in [3.8, 4) is 0 Å². The first-order valence-corrected chi connectivity index (χ1v) is 14.3. The van der Waals surface area contributed by atoms with Gasteiger partial charge in [-0.1, -0.05) is 114 Å². The second kappa shape index (κ2) is 12.1. The molecule has 34 heavy (non-hydrogen) atoms. The van der Waals surface area contributed by atoms with E-state index in [1.165, 1.54) is 133 Å². The van der Waals surface area contributed by atoms with E-state index in [-0.39, 0.29) is 0 Å². The lowest BCUT2D eigenvalue weighted by atomic mass is 9.84. The maximum Gasteiger partial charge on any atom is -0.00211 e. The smallest absolute Gasteiger partial charge is 0.00211 e. The van der Waals surface area contributed by atoms with Crippen molar-refractivity contribution in [3.05, 3.63) is 58.7 Å². The quantitative estimate of drug-likeness (QED) is 0.131. The molecule has 0 spiro atoms. The Balaban J connectivity index is 1.68. The summed E-state index contributed by atoms with van der Waals surface area (Å²) in [4.78, 5) is 0. The van der Waals surface area contributed by atoms with Crippen molar-refractivity contribution in [3.63, 3.8) is 0 Å². The Labute approximate surface area is 208 Å². The van der Waals surface area contributed by atoms with Crippen LogP contribution >= 0.6 is 0 Å². The minimum absolute atomic E-state index is 1.21. The fourth-order valence-corrected chi connectivity index (χ4v) is 6.00. The molecule has 0 bridgehead atoms. The molecule has 0 unspecified atom stereocenters. The van der Waals surface area contributed by atoms with Crippen LogP contribution in [0.15, 0.2) is 36.4 Å². The fourth-order valence-electron chi connectivity index (χ4n) is 6.00. The highest BCUT2D eigenvalue weighted by molar-refractivity contribution is 6.25. The first-order valence-electron chi connectivity index (χ1n) is 14.3. The number of rotatable bonds is 14. The average Bonchev–Trinajstić information content (AvgIpc) is 2.84. The van der Waals surface area contributed by atoms with Crippen LogP contribution in [0, 0.1) is 13.8 Å². The van der Waals surface area contributed by atoms with Crippen LogP contribution in [0.4, 0.5) is 0 Å². The Kier molecular flexibility index (Phi) is 8.87. The van der Waals surface area contributed by atoms with E-state index >= 15 is 0 Å². The van der Waals surface area contributed by atoms with Crippen molar-refractivity contribution in [1.29, 1.82) is 0 Å². The Hall–Kier alpha value is -2.08. The molecule has 0 heterocycles. The predicted molar refractivity (Wildman–Crippen MR) is 154 cm³/mol. The van der Waals surface area contributed by atoms with Crippen LogP contribution in [0.2, 0.25) is 0 Å². The van der Waals surface area contributed by atoms with E-state index < -0.39 is 0 Å². The van der Waals surface area contributed by atoms with Gasteiger partial charge in [-0.15, -0.1) is 0 Å². The van der Waals surface area contributed by atoms with Crippen LogP contribution in [0.3, 0.4) is 0 Å². The summed E-state index contributed by atoms with van der Waals surface area (Å²) in [6, 6.07) is 14.7. The molecule has 0 nitrogen and oxygen atoms in total. The van der Waals surface area contributed by atoms with Crippen molar-refractivity contribution >= 4 is 32.3 Å². The topological polar surface area (TPSA) is 0 Å². The number of unbranched alkanes of at least 4 members (excludes halogenated alkanes) is 10. The van der Waals surface area contributed by atoms with Gasteiger partial charge < -0.3 is 0 Å². The highest BCUT2D eigenvalue weighted by Gasteiger charge is 2.17. The molecule has 0 heteroatoms. The largest absolute Gasteiger partial charge is 0.0654 e. The Morgan fingerprint density at radius 2 is 0.824 bits per heavy atom. The van der Waals surface area contributed by atoms with Crippen LogP contribution in [0.5, 0.6) is 0 Å². The molecule has 0 aliphatic heterocycles. The van der Waals surface area contributed by atoms with Gasteiger partial charge in [0, 0.05) is 0 Å². The highest BCUT2D eigenvalue weighted by atomic mass is 14.2. The summed E-state index contributed by atoms with van der Waals surface area (Å²) in [6.45, 7) is 9.21. The van der Waals surface area contributed by atoms with E-state index in [1.807, 2.05) is 0 Å². The average molecular weight is 455 g/mol. The van der Waals surface area contributed by atoms with Gasteiger partial charge in [0.25, 0.3) is 0 Å². The molecular formula is C34H46. The van der Waals surface area contributed by atoms with E-state index in [0.29, 0.717) is 0 Å². The van der Waals surface area contributed by atoms with Gasteiger partial charge in [-0.2, -0.15) is 0 Å². The molecule has 0 aromatic heterocycles. The summed E-state index contributed by atoms with van der Waals surface area (Å²) >= 11 is 0. The zero-order valence-electron chi connectivity index (χ0n) is 22.4. The van der Waals surface area contributed by atoms with Crippen LogP contribution in [-0.2, 0) is 12.8 Å². The van der Waals surface area contributed by atoms with E-state index in [4.69, 9.17) is 0 Å². The lowest BCUT2D eigenvalue weighted by Gasteiger charge is -2.20. The number of benzene rings is 4. The van der Waals surface area contributed by atoms with Gasteiger partial charge in [0.05, 0.1) is 0 Å². The predicted octanol–water partition coefficient (Wildman–Crippen LogP) is 11.0. The number of hydrogen-bond acceptors (Lipinski definition) is 0. The summed E-state index contributed by atoms with van der Waals surface area (Å²) in [7, 11) is 0. The van der Waals surface area contributed by atoms with Crippen molar-refractivity contribution < 1.29 is 0 Å². The molecule has 0 aliphatic carbocycles. The molecule has 182 valence electrons. The molecule has 0 aliphatic rings. The third-order valence-corrected chi connectivity index (χ3v) is 8.11. The Morgan fingerprint density at radius 3 is 1.24 bits per heavy atom. The van der Waals surface area contributed by atoms with Gasteiger partial charge >= 0.3 is 0 Å². The van der Waals surface area contributed by atoms with Crippen molar-refractivity contribution in [2.45, 2.75) is 118 Å². The Bertz CT molecular complexity index is 1100. The molecule has 0 saturated carbocycles. The maximum absolute atomic E-state index is 2.55. The lowest BCUT2D eigenvalue weighted by Crippen LogP contribution is -1.97. The third kappa shape index (κ3) is 5.42. The first kappa shape index (κ1) is 25.0. The molecule has 0 radical (unpaired) electrons. The van der Waals surface area contributed by atoms with Gasteiger partial charge in [-0.3, -0.25) is 0 Å². The van der Waals surface area contributed by atoms with Gasteiger partial charge in [0.1, 0.15) is 0 Å². The van der Waals surface area contributed by atoms with Crippen molar-refractivity contribution in [1.82, 2.24) is 0 Å². The molecule has 4 aromatic rings. The monoisotopic (exact) mass is 454 g/mol. The van der Waals surface area contributed by atoms with E-state index in [0.717, 1.165) is 0 Å². The molecule has 0 atom stereocenters. The van der Waals surface area contributed by atoms with Crippen LogP contribution in [0.25, 0.3) is 32.3 Å². The van der Waals surface area contributed by atoms with Gasteiger partial charge in [-0.05, 0) is 94.1 Å². The van der Waals surface area contributed by atoms with E-state index in [2.05, 4.69) is 64.1 Å². The van der Waals surface area contributed by atoms with Gasteiger partial charge in [0.2, 0.25) is 0 Å². The summed E-state index contributed by atoms with van der Waals surface area (Å²) < 4.78 is 0. The second-order valence-electron chi connectivity index (χ2n) is 10.8. The molecule has 0 N–H and O–H groups in total. The molecule has 4 aromatic carbocycles. The van der Waals surface area contributed by atoms with Crippen LogP contribution < -0.4 is 0 Å². The van der Waals surface area contributed by atoms with Crippen molar-refractivity contribution in [2.24, 2.45) is 0 Å². The molecule has 4 rings (SSSR count). The normalized spacial score (nSPS) is 12.0. The Morgan fingerprint density at radius 1 is 0.441 bits per heavy atom.